The predicted molar refractivity (Wildman–Crippen MR) is 157 cm³/mol. The molecule has 0 heterocycles. The van der Waals surface area contributed by atoms with Crippen molar-refractivity contribution in [1.82, 2.24) is 21.7 Å². The van der Waals surface area contributed by atoms with E-state index in [1.807, 2.05) is 0 Å². The Morgan fingerprint density at radius 1 is 0.500 bits per heavy atom. The number of urea groups is 1. The highest BCUT2D eigenvalue weighted by Crippen LogP contribution is 2.15. The average molecular weight is 555 g/mol. The highest BCUT2D eigenvalue weighted by Gasteiger charge is 2.10. The zero-order valence-electron chi connectivity index (χ0n) is 24.1. The number of amides is 4. The van der Waals surface area contributed by atoms with Crippen LogP contribution in [0.4, 0.5) is 4.79 Å². The molecule has 2 rings (SSSR count). The Bertz CT molecular complexity index is 916. The number of nitrogens with one attached hydrogen (secondary N) is 4. The second-order valence-corrected chi connectivity index (χ2v) is 9.77. The van der Waals surface area contributed by atoms with Gasteiger partial charge in [-0.3, -0.25) is 20.4 Å². The van der Waals surface area contributed by atoms with Crippen LogP contribution in [0.3, 0.4) is 0 Å². The molecule has 4 N–H and O–H groups in total. The highest BCUT2D eigenvalue weighted by atomic mass is 16.5. The van der Waals surface area contributed by atoms with Gasteiger partial charge in [0.25, 0.3) is 11.8 Å². The topological polar surface area (TPSA) is 118 Å². The fourth-order valence-electron chi connectivity index (χ4n) is 3.95. The van der Waals surface area contributed by atoms with Gasteiger partial charge in [0.2, 0.25) is 0 Å². The third kappa shape index (κ3) is 13.9. The largest absolute Gasteiger partial charge is 0.494 e. The van der Waals surface area contributed by atoms with Crippen LogP contribution in [0.15, 0.2) is 48.5 Å². The molecule has 0 radical (unpaired) electrons. The van der Waals surface area contributed by atoms with Crippen LogP contribution in [0, 0.1) is 0 Å². The Hall–Kier alpha value is -3.75. The molecule has 0 fully saturated rings. The summed E-state index contributed by atoms with van der Waals surface area (Å²) in [5.74, 6) is 0.382. The van der Waals surface area contributed by atoms with Gasteiger partial charge in [-0.25, -0.2) is 15.6 Å². The molecule has 4 amide bonds. The second kappa shape index (κ2) is 20.2. The van der Waals surface area contributed by atoms with Crippen LogP contribution in [-0.2, 0) is 0 Å². The summed E-state index contributed by atoms with van der Waals surface area (Å²) in [7, 11) is 0. The van der Waals surface area contributed by atoms with Gasteiger partial charge in [-0.1, -0.05) is 78.1 Å². The molecule has 0 atom stereocenters. The first kappa shape index (κ1) is 32.5. The fourth-order valence-corrected chi connectivity index (χ4v) is 3.95. The number of unbranched alkanes of at least 4 members (excludes halogenated alkanes) is 10. The van der Waals surface area contributed by atoms with Gasteiger partial charge in [-0.2, -0.15) is 0 Å². The molecule has 2 aromatic carbocycles. The molecule has 40 heavy (non-hydrogen) atoms. The van der Waals surface area contributed by atoms with E-state index in [1.165, 1.54) is 51.4 Å². The lowest BCUT2D eigenvalue weighted by Gasteiger charge is -2.11. The summed E-state index contributed by atoms with van der Waals surface area (Å²) in [6.07, 6.45) is 14.3. The van der Waals surface area contributed by atoms with E-state index in [4.69, 9.17) is 9.47 Å². The van der Waals surface area contributed by atoms with Gasteiger partial charge < -0.3 is 9.47 Å². The number of carbonyl (C=O) groups is 3. The zero-order valence-corrected chi connectivity index (χ0v) is 24.1. The zero-order chi connectivity index (χ0) is 28.8. The van der Waals surface area contributed by atoms with E-state index in [2.05, 4.69) is 35.6 Å². The standard InChI is InChI=1S/C31H46N4O5/c1-3-5-7-9-11-13-23-39-27-19-15-25(16-20-27)29(36)32-34-31(38)35-33-30(37)26-17-21-28(22-18-26)40-24-14-12-10-8-6-4-2/h15-22H,3-14,23-24H2,1-2H3,(H,32,36)(H,33,37)(H2,34,35,38). The third-order valence-corrected chi connectivity index (χ3v) is 6.35. The first-order valence-electron chi connectivity index (χ1n) is 14.7. The Morgan fingerprint density at radius 3 is 1.23 bits per heavy atom. The van der Waals surface area contributed by atoms with Crippen LogP contribution in [0.25, 0.3) is 0 Å². The molecule has 0 aliphatic carbocycles. The molecule has 0 saturated carbocycles. The predicted octanol–water partition coefficient (Wildman–Crippen LogP) is 6.45. The number of benzene rings is 2. The minimum Gasteiger partial charge on any atom is -0.494 e. The van der Waals surface area contributed by atoms with Crippen molar-refractivity contribution in [1.29, 1.82) is 0 Å². The SMILES string of the molecule is CCCCCCCCOc1ccc(C(=O)NNC(=O)NNC(=O)c2ccc(OCCCCCCCC)cc2)cc1. The quantitative estimate of drug-likeness (QED) is 0.125. The summed E-state index contributed by atoms with van der Waals surface area (Å²) in [5.41, 5.74) is 9.71. The molecule has 9 nitrogen and oxygen atoms in total. The summed E-state index contributed by atoms with van der Waals surface area (Å²) in [5, 5.41) is 0. The minimum absolute atomic E-state index is 0.357. The van der Waals surface area contributed by atoms with E-state index >= 15 is 0 Å². The molecule has 2 aromatic rings. The number of hydrazine groups is 2. The molecule has 0 saturated heterocycles. The van der Waals surface area contributed by atoms with Gasteiger partial charge >= 0.3 is 6.03 Å². The van der Waals surface area contributed by atoms with Crippen LogP contribution in [0.5, 0.6) is 11.5 Å². The number of hydrogen-bond acceptors (Lipinski definition) is 5. The molecule has 0 bridgehead atoms. The summed E-state index contributed by atoms with van der Waals surface area (Å²) >= 11 is 0. The Labute approximate surface area is 238 Å². The third-order valence-electron chi connectivity index (χ3n) is 6.35. The van der Waals surface area contributed by atoms with Crippen LogP contribution in [-0.4, -0.2) is 31.1 Å². The molecule has 9 heteroatoms. The van der Waals surface area contributed by atoms with Crippen molar-refractivity contribution >= 4 is 17.8 Å². The maximum atomic E-state index is 12.3. The number of ether oxygens (including phenoxy) is 2. The van der Waals surface area contributed by atoms with E-state index in [0.29, 0.717) is 35.8 Å². The first-order chi connectivity index (χ1) is 19.5. The number of hydrogen-bond donors (Lipinski definition) is 4. The van der Waals surface area contributed by atoms with Crippen molar-refractivity contribution in [3.8, 4) is 11.5 Å². The van der Waals surface area contributed by atoms with Gasteiger partial charge in [-0.15, -0.1) is 0 Å². The van der Waals surface area contributed by atoms with Crippen LogP contribution < -0.4 is 31.2 Å². The summed E-state index contributed by atoms with van der Waals surface area (Å²) in [4.78, 5) is 36.6. The molecule has 0 unspecified atom stereocenters. The molecule has 0 aromatic heterocycles. The Balaban J connectivity index is 1.60. The second-order valence-electron chi connectivity index (χ2n) is 9.77. The summed E-state index contributed by atoms with van der Waals surface area (Å²) < 4.78 is 11.4. The van der Waals surface area contributed by atoms with E-state index in [0.717, 1.165) is 25.7 Å². The van der Waals surface area contributed by atoms with Gasteiger partial charge in [0, 0.05) is 11.1 Å². The van der Waals surface area contributed by atoms with Gasteiger partial charge in [0.05, 0.1) is 13.2 Å². The van der Waals surface area contributed by atoms with Crippen molar-refractivity contribution in [3.63, 3.8) is 0 Å². The van der Waals surface area contributed by atoms with E-state index in [-0.39, 0.29) is 0 Å². The monoisotopic (exact) mass is 554 g/mol. The van der Waals surface area contributed by atoms with E-state index < -0.39 is 17.8 Å². The smallest absolute Gasteiger partial charge is 0.352 e. The molecule has 0 aliphatic heterocycles. The number of carbonyl (C=O) groups excluding carboxylic acids is 3. The Kier molecular flexibility index (Phi) is 16.4. The van der Waals surface area contributed by atoms with Crippen molar-refractivity contribution in [2.24, 2.45) is 0 Å². The van der Waals surface area contributed by atoms with E-state index in [1.54, 1.807) is 48.5 Å². The van der Waals surface area contributed by atoms with Crippen molar-refractivity contribution < 1.29 is 23.9 Å². The molecular formula is C31H46N4O5. The lowest BCUT2D eigenvalue weighted by atomic mass is 10.1. The van der Waals surface area contributed by atoms with Crippen LogP contribution in [0.1, 0.15) is 112 Å². The summed E-state index contributed by atoms with van der Waals surface area (Å²) in [6, 6.07) is 12.6. The Morgan fingerprint density at radius 2 is 0.850 bits per heavy atom. The van der Waals surface area contributed by atoms with Crippen LogP contribution >= 0.6 is 0 Å². The molecular weight excluding hydrogens is 508 g/mol. The lowest BCUT2D eigenvalue weighted by Crippen LogP contribution is -2.52. The maximum absolute atomic E-state index is 12.3. The fraction of sp³-hybridized carbons (Fsp3) is 0.516. The molecule has 0 spiro atoms. The minimum atomic E-state index is -0.792. The maximum Gasteiger partial charge on any atom is 0.352 e. The molecule has 220 valence electrons. The van der Waals surface area contributed by atoms with E-state index in [9.17, 15) is 14.4 Å². The van der Waals surface area contributed by atoms with Crippen molar-refractivity contribution in [2.75, 3.05) is 13.2 Å². The number of rotatable bonds is 18. The van der Waals surface area contributed by atoms with Crippen molar-refractivity contribution in [3.05, 3.63) is 59.7 Å². The highest BCUT2D eigenvalue weighted by molar-refractivity contribution is 5.97. The summed E-state index contributed by atoms with van der Waals surface area (Å²) in [6.45, 7) is 5.68. The van der Waals surface area contributed by atoms with Gasteiger partial charge in [0.15, 0.2) is 0 Å². The average Bonchev–Trinajstić information content (AvgIpc) is 2.98. The van der Waals surface area contributed by atoms with Crippen LogP contribution in [0.2, 0.25) is 0 Å². The normalized spacial score (nSPS) is 10.4. The van der Waals surface area contributed by atoms with Gasteiger partial charge in [-0.05, 0) is 61.4 Å². The van der Waals surface area contributed by atoms with Gasteiger partial charge in [0.1, 0.15) is 11.5 Å². The lowest BCUT2D eigenvalue weighted by molar-refractivity contribution is 0.0929. The molecule has 0 aliphatic rings. The van der Waals surface area contributed by atoms with Crippen molar-refractivity contribution in [2.45, 2.75) is 90.9 Å². The first-order valence-corrected chi connectivity index (χ1v) is 14.7.